The molecule has 3 aromatic rings. The van der Waals surface area contributed by atoms with Crippen molar-refractivity contribution < 1.29 is 33.4 Å². The predicted octanol–water partition coefficient (Wildman–Crippen LogP) is 10.1. The van der Waals surface area contributed by atoms with Crippen molar-refractivity contribution in [3.63, 3.8) is 0 Å². The van der Waals surface area contributed by atoms with E-state index in [4.69, 9.17) is 21.1 Å². The van der Waals surface area contributed by atoms with Gasteiger partial charge in [-0.2, -0.15) is 5.11 Å². The van der Waals surface area contributed by atoms with Gasteiger partial charge in [0.2, 0.25) is 5.91 Å². The molecule has 3 aromatic carbocycles. The van der Waals surface area contributed by atoms with Gasteiger partial charge in [-0.1, -0.05) is 48.0 Å². The Balaban J connectivity index is 1.08. The van der Waals surface area contributed by atoms with E-state index >= 15 is 0 Å². The molecule has 1 saturated heterocycles. The topological polar surface area (TPSA) is 168 Å². The molecule has 2 aliphatic heterocycles. The van der Waals surface area contributed by atoms with E-state index in [9.17, 15) is 24.0 Å². The second kappa shape index (κ2) is 20.2. The lowest BCUT2D eigenvalue weighted by Gasteiger charge is -2.29. The van der Waals surface area contributed by atoms with Crippen LogP contribution in [0.5, 0.6) is 0 Å². The van der Waals surface area contributed by atoms with E-state index in [2.05, 4.69) is 25.9 Å². The van der Waals surface area contributed by atoms with E-state index in [1.807, 2.05) is 84.0 Å². The molecule has 0 unspecified atom stereocenters. The Bertz CT molecular complexity index is 2170. The Labute approximate surface area is 369 Å². The molecule has 3 amide bonds. The molecule has 0 spiro atoms. The summed E-state index contributed by atoms with van der Waals surface area (Å²) in [5.74, 6) is -0.155. The fourth-order valence-electron chi connectivity index (χ4n) is 8.12. The van der Waals surface area contributed by atoms with E-state index in [0.717, 1.165) is 41.5 Å². The van der Waals surface area contributed by atoms with Crippen LogP contribution in [-0.4, -0.2) is 77.9 Å². The number of likely N-dealkylation sites (tertiary alicyclic amines) is 1. The third kappa shape index (κ3) is 13.3. The summed E-state index contributed by atoms with van der Waals surface area (Å²) in [5, 5.41) is 14.3. The van der Waals surface area contributed by atoms with Crippen molar-refractivity contribution in [1.29, 1.82) is 0 Å². The van der Waals surface area contributed by atoms with Gasteiger partial charge >= 0.3 is 12.2 Å². The van der Waals surface area contributed by atoms with Crippen LogP contribution >= 0.6 is 11.6 Å². The maximum Gasteiger partial charge on any atom is 0.410 e. The molecule has 0 radical (unpaired) electrons. The van der Waals surface area contributed by atoms with Crippen molar-refractivity contribution in [2.75, 3.05) is 31.6 Å². The van der Waals surface area contributed by atoms with Crippen LogP contribution in [0.25, 0.3) is 11.1 Å². The minimum atomic E-state index is -0.627. The molecule has 0 bridgehead atoms. The number of benzene rings is 3. The normalized spacial score (nSPS) is 19.4. The fourth-order valence-corrected chi connectivity index (χ4v) is 8.41. The number of nitrogens with zero attached hydrogens (tertiary/aromatic N) is 4. The maximum atomic E-state index is 14.0. The van der Waals surface area contributed by atoms with Crippen molar-refractivity contribution >= 4 is 52.8 Å². The van der Waals surface area contributed by atoms with Crippen LogP contribution in [0.15, 0.2) is 82.0 Å². The zero-order valence-corrected chi connectivity index (χ0v) is 37.4. The van der Waals surface area contributed by atoms with E-state index in [-0.39, 0.29) is 47.7 Å². The number of hydrogen-bond donors (Lipinski definition) is 2. The maximum absolute atomic E-state index is 14.0. The first-order valence-electron chi connectivity index (χ1n) is 21.6. The highest BCUT2D eigenvalue weighted by Gasteiger charge is 2.33. The fraction of sp³-hybridized carbons (Fsp3) is 0.500. The first kappa shape index (κ1) is 46.1. The number of alkyl carbamates (subject to hydrolysis) is 1. The van der Waals surface area contributed by atoms with Crippen molar-refractivity contribution in [2.24, 2.45) is 38.9 Å². The Morgan fingerprint density at radius 2 is 1.50 bits per heavy atom. The first-order chi connectivity index (χ1) is 29.4. The van der Waals surface area contributed by atoms with Crippen LogP contribution in [0, 0.1) is 23.7 Å². The third-order valence-electron chi connectivity index (χ3n) is 11.4. The highest BCUT2D eigenvalue weighted by Crippen LogP contribution is 2.33. The van der Waals surface area contributed by atoms with Gasteiger partial charge in [-0.25, -0.2) is 14.6 Å². The van der Waals surface area contributed by atoms with Gasteiger partial charge in [-0.3, -0.25) is 14.4 Å². The molecular formula is C48H59ClN6O7. The summed E-state index contributed by atoms with van der Waals surface area (Å²) in [4.78, 5) is 71.7. The number of ether oxygens (including phenoxy) is 2. The average molecular weight is 867 g/mol. The number of aliphatic imine (C=N–C) groups is 1. The number of amidine groups is 1. The lowest BCUT2D eigenvalue weighted by molar-refractivity contribution is -0.129. The van der Waals surface area contributed by atoms with Gasteiger partial charge in [-0.15, -0.1) is 5.11 Å². The lowest BCUT2D eigenvalue weighted by atomic mass is 9.77. The summed E-state index contributed by atoms with van der Waals surface area (Å²) in [7, 11) is 0. The second-order valence-electron chi connectivity index (χ2n) is 18.7. The molecule has 1 saturated carbocycles. The molecular weight excluding hydrogens is 808 g/mol. The van der Waals surface area contributed by atoms with E-state index in [0.29, 0.717) is 74.1 Å². The SMILES string of the molecule is CC(C)(C)OC(=O)NCC1CCC(C(=O)C[C@@H](Cc2ccc(-c3ccc(C(=O)C[C@@H]4CCN(C(=O)OC(C)(C)C)C4)cc3Cl)cc2)C(=O)Nc2ccc(C3=NCN=N3)cc2)CC1. The van der Waals surface area contributed by atoms with Crippen molar-refractivity contribution in [3.05, 3.63) is 88.4 Å². The molecule has 13 nitrogen and oxygen atoms in total. The number of nitrogens with one attached hydrogen (secondary N) is 2. The van der Waals surface area contributed by atoms with Crippen LogP contribution in [0.1, 0.15) is 108 Å². The highest BCUT2D eigenvalue weighted by atomic mass is 35.5. The molecule has 2 heterocycles. The monoisotopic (exact) mass is 866 g/mol. The van der Waals surface area contributed by atoms with E-state index in [1.54, 1.807) is 29.2 Å². The zero-order chi connectivity index (χ0) is 44.6. The molecule has 330 valence electrons. The molecule has 0 aromatic heterocycles. The smallest absolute Gasteiger partial charge is 0.410 e. The third-order valence-corrected chi connectivity index (χ3v) is 11.7. The Morgan fingerprint density at radius 1 is 0.823 bits per heavy atom. The number of rotatable bonds is 14. The van der Waals surface area contributed by atoms with Gasteiger partial charge in [0.05, 0.1) is 0 Å². The summed E-state index contributed by atoms with van der Waals surface area (Å²) < 4.78 is 10.9. The number of carbonyl (C=O) groups is 5. The van der Waals surface area contributed by atoms with Crippen LogP contribution in [0.4, 0.5) is 15.3 Å². The minimum absolute atomic E-state index is 0.0300. The predicted molar refractivity (Wildman–Crippen MR) is 240 cm³/mol. The van der Waals surface area contributed by atoms with Gasteiger partial charge in [0, 0.05) is 71.7 Å². The van der Waals surface area contributed by atoms with E-state index in [1.165, 1.54) is 0 Å². The standard InChI is InChI=1S/C48H59ClN6O7/c1-47(2,3)61-45(59)50-27-31-9-13-34(14-10-31)42(57)26-37(44(58)53-38-18-15-35(16-19-38)43-51-29-52-54-43)23-30-7-11-33(12-8-30)39-20-17-36(25-40(39)49)41(56)24-32-21-22-55(28-32)46(60)62-48(4,5)6/h7-8,11-12,15-20,25,31-32,34,37H,9-10,13-14,21-24,26-29H2,1-6H3,(H,50,59)(H,53,58)/t31?,32-,34?,37+/m0/s1. The number of Topliss-reactive ketones (excluding diaryl/α,β-unsaturated/α-hetero) is 2. The average Bonchev–Trinajstić information content (AvgIpc) is 3.93. The Hall–Kier alpha value is -5.43. The van der Waals surface area contributed by atoms with Gasteiger partial charge in [0.1, 0.15) is 17.0 Å². The van der Waals surface area contributed by atoms with Crippen molar-refractivity contribution in [1.82, 2.24) is 10.2 Å². The van der Waals surface area contributed by atoms with Crippen LogP contribution in [0.2, 0.25) is 5.02 Å². The van der Waals surface area contributed by atoms with Gasteiger partial charge in [-0.05, 0) is 133 Å². The van der Waals surface area contributed by atoms with Crippen LogP contribution in [0.3, 0.4) is 0 Å². The zero-order valence-electron chi connectivity index (χ0n) is 36.7. The van der Waals surface area contributed by atoms with E-state index < -0.39 is 23.2 Å². The molecule has 2 atom stereocenters. The first-order valence-corrected chi connectivity index (χ1v) is 22.0. The number of anilines is 1. The number of carbonyl (C=O) groups excluding carboxylic acids is 5. The van der Waals surface area contributed by atoms with Crippen LogP contribution < -0.4 is 10.6 Å². The van der Waals surface area contributed by atoms with Crippen molar-refractivity contribution in [2.45, 2.75) is 104 Å². The summed E-state index contributed by atoms with van der Waals surface area (Å²) in [5.41, 5.74) is 3.26. The highest BCUT2D eigenvalue weighted by molar-refractivity contribution is 6.33. The second-order valence-corrected chi connectivity index (χ2v) is 19.1. The number of ketones is 2. The lowest BCUT2D eigenvalue weighted by Crippen LogP contribution is -2.37. The Morgan fingerprint density at radius 3 is 2.13 bits per heavy atom. The molecule has 2 fully saturated rings. The Kier molecular flexibility index (Phi) is 15.0. The molecule has 6 rings (SSSR count). The van der Waals surface area contributed by atoms with Gasteiger partial charge < -0.3 is 25.0 Å². The molecule has 62 heavy (non-hydrogen) atoms. The number of azo groups is 1. The largest absolute Gasteiger partial charge is 0.444 e. The summed E-state index contributed by atoms with van der Waals surface area (Å²) in [6.45, 7) is 12.8. The van der Waals surface area contributed by atoms with Gasteiger partial charge in [0.25, 0.3) is 0 Å². The van der Waals surface area contributed by atoms with Gasteiger partial charge in [0.15, 0.2) is 18.3 Å². The number of hydrogen-bond acceptors (Lipinski definition) is 10. The molecule has 14 heteroatoms. The van der Waals surface area contributed by atoms with Crippen molar-refractivity contribution in [3.8, 4) is 11.1 Å². The summed E-state index contributed by atoms with van der Waals surface area (Å²) >= 11 is 6.78. The summed E-state index contributed by atoms with van der Waals surface area (Å²) in [6, 6.07) is 20.3. The summed E-state index contributed by atoms with van der Waals surface area (Å²) in [6.07, 6.45) is 3.68. The number of amides is 3. The molecule has 3 aliphatic rings. The molecule has 2 N–H and O–H groups in total. The quantitative estimate of drug-likeness (QED) is 0.152. The minimum Gasteiger partial charge on any atom is -0.444 e. The number of halogens is 1. The molecule has 1 aliphatic carbocycles. The van der Waals surface area contributed by atoms with Crippen LogP contribution in [-0.2, 0) is 25.5 Å².